The molecular weight excluding hydrogens is 238 g/mol. The van der Waals surface area contributed by atoms with Crippen molar-refractivity contribution in [2.75, 3.05) is 23.2 Å². The van der Waals surface area contributed by atoms with E-state index in [1.165, 1.54) is 4.31 Å². The summed E-state index contributed by atoms with van der Waals surface area (Å²) in [6, 6.07) is 9.00. The van der Waals surface area contributed by atoms with E-state index < -0.39 is 10.0 Å². The van der Waals surface area contributed by atoms with Gasteiger partial charge in [0.2, 0.25) is 10.0 Å². The Morgan fingerprint density at radius 2 is 1.88 bits per heavy atom. The average Bonchev–Trinajstić information content (AvgIpc) is 2.30. The lowest BCUT2D eigenvalue weighted by Gasteiger charge is -2.23. The molecule has 1 rings (SSSR count). The van der Waals surface area contributed by atoms with Crippen LogP contribution in [0.2, 0.25) is 0 Å². The Morgan fingerprint density at radius 3 is 2.41 bits per heavy atom. The number of aliphatic hydroxyl groups excluding tert-OH is 1. The van der Waals surface area contributed by atoms with Crippen LogP contribution in [-0.4, -0.2) is 32.4 Å². The van der Waals surface area contributed by atoms with Gasteiger partial charge in [-0.25, -0.2) is 8.42 Å². The number of unbranched alkanes of at least 4 members (excludes halogenated alkanes) is 1. The van der Waals surface area contributed by atoms with Gasteiger partial charge in [0.15, 0.2) is 0 Å². The lowest BCUT2D eigenvalue weighted by atomic mass is 10.3. The van der Waals surface area contributed by atoms with E-state index in [0.29, 0.717) is 12.2 Å². The third-order valence-electron chi connectivity index (χ3n) is 2.44. The van der Waals surface area contributed by atoms with E-state index in [4.69, 9.17) is 5.11 Å². The van der Waals surface area contributed by atoms with Crippen LogP contribution in [0.25, 0.3) is 0 Å². The van der Waals surface area contributed by atoms with Crippen LogP contribution < -0.4 is 4.31 Å². The Morgan fingerprint density at radius 1 is 1.24 bits per heavy atom. The van der Waals surface area contributed by atoms with E-state index in [-0.39, 0.29) is 12.4 Å². The monoisotopic (exact) mass is 257 g/mol. The number of hydrogen-bond acceptors (Lipinski definition) is 3. The Bertz CT molecular complexity index is 417. The first kappa shape index (κ1) is 14.0. The Labute approximate surface area is 103 Å². The smallest absolute Gasteiger partial charge is 0.237 e. The molecule has 4 nitrogen and oxygen atoms in total. The first-order valence-corrected chi connectivity index (χ1v) is 7.39. The molecule has 1 N–H and O–H groups in total. The third kappa shape index (κ3) is 4.02. The van der Waals surface area contributed by atoms with Crippen LogP contribution in [0.4, 0.5) is 5.69 Å². The minimum Gasteiger partial charge on any atom is -0.395 e. The minimum atomic E-state index is -3.41. The molecule has 0 amide bonds. The number of hydrogen-bond donors (Lipinski definition) is 1. The molecule has 0 aliphatic heterocycles. The van der Waals surface area contributed by atoms with Crippen molar-refractivity contribution in [3.8, 4) is 0 Å². The van der Waals surface area contributed by atoms with E-state index in [1.807, 2.05) is 25.1 Å². The van der Waals surface area contributed by atoms with E-state index in [0.717, 1.165) is 12.8 Å². The van der Waals surface area contributed by atoms with Gasteiger partial charge in [-0.15, -0.1) is 0 Å². The number of nitrogens with zero attached hydrogens (tertiary/aromatic N) is 1. The van der Waals surface area contributed by atoms with Crippen molar-refractivity contribution in [1.82, 2.24) is 0 Å². The first-order chi connectivity index (χ1) is 8.11. The summed E-state index contributed by atoms with van der Waals surface area (Å²) in [6.45, 7) is 2.13. The lowest BCUT2D eigenvalue weighted by molar-refractivity contribution is 0.319. The number of para-hydroxylation sites is 1. The molecule has 0 atom stereocenters. The fourth-order valence-corrected chi connectivity index (χ4v) is 2.85. The van der Waals surface area contributed by atoms with Crippen LogP contribution >= 0.6 is 0 Å². The standard InChI is InChI=1S/C12H19NO3S/c1-2-3-9-13(17(15,16)11-10-14)12-7-5-4-6-8-12/h4-8,14H,2-3,9-11H2,1H3. The van der Waals surface area contributed by atoms with Gasteiger partial charge in [-0.05, 0) is 18.6 Å². The average molecular weight is 257 g/mol. The van der Waals surface area contributed by atoms with Gasteiger partial charge in [-0.2, -0.15) is 0 Å². The second-order valence-corrected chi connectivity index (χ2v) is 5.81. The van der Waals surface area contributed by atoms with Crippen molar-refractivity contribution >= 4 is 15.7 Å². The molecule has 96 valence electrons. The minimum absolute atomic E-state index is 0.231. The normalized spacial score (nSPS) is 11.4. The Balaban J connectivity index is 2.96. The number of benzene rings is 1. The van der Waals surface area contributed by atoms with Gasteiger partial charge >= 0.3 is 0 Å². The van der Waals surface area contributed by atoms with Gasteiger partial charge in [-0.3, -0.25) is 4.31 Å². The maximum Gasteiger partial charge on any atom is 0.237 e. The highest BCUT2D eigenvalue weighted by atomic mass is 32.2. The summed E-state index contributed by atoms with van der Waals surface area (Å²) in [7, 11) is -3.41. The highest BCUT2D eigenvalue weighted by molar-refractivity contribution is 7.92. The summed E-state index contributed by atoms with van der Waals surface area (Å²) >= 11 is 0. The molecule has 0 fully saturated rings. The largest absolute Gasteiger partial charge is 0.395 e. The van der Waals surface area contributed by atoms with Crippen molar-refractivity contribution in [2.45, 2.75) is 19.8 Å². The van der Waals surface area contributed by atoms with Crippen LogP contribution in [0.5, 0.6) is 0 Å². The fourth-order valence-electron chi connectivity index (χ4n) is 1.55. The zero-order valence-corrected chi connectivity index (χ0v) is 10.9. The molecule has 0 saturated carbocycles. The molecule has 1 aromatic rings. The highest BCUT2D eigenvalue weighted by Crippen LogP contribution is 2.18. The molecule has 0 aromatic heterocycles. The second kappa shape index (κ2) is 6.61. The van der Waals surface area contributed by atoms with Gasteiger partial charge in [0, 0.05) is 6.54 Å². The van der Waals surface area contributed by atoms with Gasteiger partial charge in [0.1, 0.15) is 0 Å². The van der Waals surface area contributed by atoms with Gasteiger partial charge in [0.25, 0.3) is 0 Å². The van der Waals surface area contributed by atoms with Crippen LogP contribution in [0.1, 0.15) is 19.8 Å². The van der Waals surface area contributed by atoms with E-state index >= 15 is 0 Å². The maximum absolute atomic E-state index is 12.0. The molecule has 17 heavy (non-hydrogen) atoms. The molecule has 0 saturated heterocycles. The maximum atomic E-state index is 12.0. The molecule has 0 bridgehead atoms. The van der Waals surface area contributed by atoms with Crippen molar-refractivity contribution in [3.63, 3.8) is 0 Å². The summed E-state index contributed by atoms with van der Waals surface area (Å²) in [5.41, 5.74) is 0.661. The van der Waals surface area contributed by atoms with Gasteiger partial charge in [-0.1, -0.05) is 31.5 Å². The molecular formula is C12H19NO3S. The predicted octanol–water partition coefficient (Wildman–Crippen LogP) is 1.62. The summed E-state index contributed by atoms with van der Waals surface area (Å²) in [5.74, 6) is -0.231. The molecule has 0 heterocycles. The van der Waals surface area contributed by atoms with Crippen LogP contribution in [0, 0.1) is 0 Å². The summed E-state index contributed by atoms with van der Waals surface area (Å²) in [5, 5.41) is 8.82. The van der Waals surface area contributed by atoms with E-state index in [1.54, 1.807) is 12.1 Å². The summed E-state index contributed by atoms with van der Waals surface area (Å²) < 4.78 is 25.4. The van der Waals surface area contributed by atoms with Crippen molar-refractivity contribution in [1.29, 1.82) is 0 Å². The van der Waals surface area contributed by atoms with Crippen molar-refractivity contribution < 1.29 is 13.5 Å². The molecule has 1 aromatic carbocycles. The zero-order valence-electron chi connectivity index (χ0n) is 10.0. The molecule has 5 heteroatoms. The lowest BCUT2D eigenvalue weighted by Crippen LogP contribution is -2.34. The van der Waals surface area contributed by atoms with Crippen LogP contribution in [0.15, 0.2) is 30.3 Å². The Kier molecular flexibility index (Phi) is 5.44. The fraction of sp³-hybridized carbons (Fsp3) is 0.500. The highest BCUT2D eigenvalue weighted by Gasteiger charge is 2.20. The van der Waals surface area contributed by atoms with Crippen LogP contribution in [-0.2, 0) is 10.0 Å². The molecule has 0 unspecified atom stereocenters. The topological polar surface area (TPSA) is 57.6 Å². The summed E-state index contributed by atoms with van der Waals surface area (Å²) in [4.78, 5) is 0. The van der Waals surface area contributed by atoms with Crippen molar-refractivity contribution in [2.24, 2.45) is 0 Å². The van der Waals surface area contributed by atoms with Gasteiger partial charge in [0.05, 0.1) is 18.0 Å². The predicted molar refractivity (Wildman–Crippen MR) is 69.6 cm³/mol. The summed E-state index contributed by atoms with van der Waals surface area (Å²) in [6.07, 6.45) is 1.73. The number of rotatable bonds is 7. The number of sulfonamides is 1. The molecule has 0 aliphatic carbocycles. The van der Waals surface area contributed by atoms with Gasteiger partial charge < -0.3 is 5.11 Å². The molecule has 0 radical (unpaired) electrons. The SMILES string of the molecule is CCCCN(c1ccccc1)S(=O)(=O)CCO. The number of anilines is 1. The molecule has 0 spiro atoms. The van der Waals surface area contributed by atoms with E-state index in [2.05, 4.69) is 0 Å². The van der Waals surface area contributed by atoms with Crippen LogP contribution in [0.3, 0.4) is 0 Å². The second-order valence-electron chi connectivity index (χ2n) is 3.80. The Hall–Kier alpha value is -1.07. The molecule has 0 aliphatic rings. The number of aliphatic hydroxyl groups is 1. The van der Waals surface area contributed by atoms with Crippen molar-refractivity contribution in [3.05, 3.63) is 30.3 Å². The zero-order chi connectivity index (χ0) is 12.7. The third-order valence-corrected chi connectivity index (χ3v) is 4.21. The van der Waals surface area contributed by atoms with E-state index in [9.17, 15) is 8.42 Å². The quantitative estimate of drug-likeness (QED) is 0.807. The first-order valence-electron chi connectivity index (χ1n) is 5.78.